The average Bonchev–Trinajstić information content (AvgIpc) is 2.73. The number of aryl methyl sites for hydroxylation is 2. The largest absolute Gasteiger partial charge is 0.288 e. The SMILES string of the molecule is CC1CCc2sc3nc[n+](C)c(Cl)c3c21. The molecule has 78 valence electrons. The van der Waals surface area contributed by atoms with Crippen LogP contribution in [0.2, 0.25) is 5.15 Å². The summed E-state index contributed by atoms with van der Waals surface area (Å²) in [5.41, 5.74) is 1.45. The van der Waals surface area contributed by atoms with Crippen LogP contribution in [0.15, 0.2) is 6.33 Å². The molecule has 0 saturated carbocycles. The van der Waals surface area contributed by atoms with Gasteiger partial charge in [0.05, 0.1) is 7.05 Å². The molecule has 0 aliphatic heterocycles. The summed E-state index contributed by atoms with van der Waals surface area (Å²) in [6.45, 7) is 2.28. The Morgan fingerprint density at radius 2 is 2.40 bits per heavy atom. The second-order valence-electron chi connectivity index (χ2n) is 4.21. The molecule has 3 rings (SSSR count). The molecule has 0 aromatic carbocycles. The number of halogens is 1. The van der Waals surface area contributed by atoms with Crippen LogP contribution in [0.5, 0.6) is 0 Å². The first kappa shape index (κ1) is 9.55. The van der Waals surface area contributed by atoms with Crippen molar-refractivity contribution in [2.45, 2.75) is 25.7 Å². The van der Waals surface area contributed by atoms with Gasteiger partial charge in [-0.25, -0.2) is 4.57 Å². The van der Waals surface area contributed by atoms with Gasteiger partial charge in [-0.2, -0.15) is 0 Å². The predicted octanol–water partition coefficient (Wildman–Crippen LogP) is 2.82. The predicted molar refractivity (Wildman–Crippen MR) is 62.5 cm³/mol. The van der Waals surface area contributed by atoms with Gasteiger partial charge in [0.2, 0.25) is 9.98 Å². The highest BCUT2D eigenvalue weighted by Crippen LogP contribution is 2.44. The van der Waals surface area contributed by atoms with Crippen LogP contribution in [0.4, 0.5) is 0 Å². The Kier molecular flexibility index (Phi) is 2.01. The molecular formula is C11H12ClN2S+. The van der Waals surface area contributed by atoms with E-state index in [1.165, 1.54) is 28.7 Å². The summed E-state index contributed by atoms with van der Waals surface area (Å²) < 4.78 is 1.89. The van der Waals surface area contributed by atoms with Crippen LogP contribution in [-0.4, -0.2) is 4.98 Å². The number of hydrogen-bond acceptors (Lipinski definition) is 2. The summed E-state index contributed by atoms with van der Waals surface area (Å²) in [6, 6.07) is 0. The summed E-state index contributed by atoms with van der Waals surface area (Å²) >= 11 is 8.15. The molecule has 1 aliphatic carbocycles. The summed E-state index contributed by atoms with van der Waals surface area (Å²) in [5, 5.41) is 2.01. The number of fused-ring (bicyclic) bond motifs is 3. The van der Waals surface area contributed by atoms with E-state index < -0.39 is 0 Å². The molecule has 0 spiro atoms. The number of aromatic nitrogens is 2. The molecule has 1 unspecified atom stereocenters. The van der Waals surface area contributed by atoms with Gasteiger partial charge in [0.25, 0.3) is 6.33 Å². The maximum Gasteiger partial charge on any atom is 0.288 e. The van der Waals surface area contributed by atoms with E-state index in [4.69, 9.17) is 11.6 Å². The second kappa shape index (κ2) is 3.16. The summed E-state index contributed by atoms with van der Waals surface area (Å²) in [5.74, 6) is 0.635. The van der Waals surface area contributed by atoms with Gasteiger partial charge in [-0.1, -0.05) is 18.3 Å². The van der Waals surface area contributed by atoms with Crippen molar-refractivity contribution in [2.24, 2.45) is 7.05 Å². The van der Waals surface area contributed by atoms with Crippen molar-refractivity contribution in [3.05, 3.63) is 21.9 Å². The van der Waals surface area contributed by atoms with Crippen LogP contribution in [-0.2, 0) is 13.5 Å². The van der Waals surface area contributed by atoms with Crippen molar-refractivity contribution in [2.75, 3.05) is 0 Å². The molecule has 2 nitrogen and oxygen atoms in total. The van der Waals surface area contributed by atoms with E-state index in [2.05, 4.69) is 11.9 Å². The Bertz CT molecular complexity index is 547. The smallest absolute Gasteiger partial charge is 0.222 e. The van der Waals surface area contributed by atoms with Gasteiger partial charge < -0.3 is 0 Å². The van der Waals surface area contributed by atoms with Crippen LogP contribution in [0, 0.1) is 0 Å². The van der Waals surface area contributed by atoms with Crippen molar-refractivity contribution in [3.63, 3.8) is 0 Å². The van der Waals surface area contributed by atoms with Crippen LogP contribution >= 0.6 is 22.9 Å². The number of hydrogen-bond donors (Lipinski definition) is 0. The van der Waals surface area contributed by atoms with Crippen LogP contribution < -0.4 is 4.57 Å². The monoisotopic (exact) mass is 239 g/mol. The molecule has 0 radical (unpaired) electrons. The molecule has 15 heavy (non-hydrogen) atoms. The fraction of sp³-hybridized carbons (Fsp3) is 0.455. The van der Waals surface area contributed by atoms with E-state index in [1.54, 1.807) is 17.7 Å². The van der Waals surface area contributed by atoms with Crippen molar-refractivity contribution in [3.8, 4) is 0 Å². The quantitative estimate of drug-likeness (QED) is 0.510. The topological polar surface area (TPSA) is 16.8 Å². The first-order chi connectivity index (χ1) is 7.18. The van der Waals surface area contributed by atoms with Crippen molar-refractivity contribution >= 4 is 33.2 Å². The van der Waals surface area contributed by atoms with Crippen LogP contribution in [0.25, 0.3) is 10.2 Å². The normalized spacial score (nSPS) is 19.8. The lowest BCUT2D eigenvalue weighted by molar-refractivity contribution is -0.670. The van der Waals surface area contributed by atoms with E-state index in [0.717, 1.165) is 9.98 Å². The Morgan fingerprint density at radius 1 is 1.60 bits per heavy atom. The third-order valence-electron chi connectivity index (χ3n) is 3.16. The van der Waals surface area contributed by atoms with E-state index in [1.807, 2.05) is 11.6 Å². The molecule has 0 bridgehead atoms. The van der Waals surface area contributed by atoms with E-state index >= 15 is 0 Å². The molecule has 2 aromatic heterocycles. The average molecular weight is 240 g/mol. The molecule has 1 atom stereocenters. The lowest BCUT2D eigenvalue weighted by atomic mass is 10.0. The second-order valence-corrected chi connectivity index (χ2v) is 5.65. The standard InChI is InChI=1S/C11H12ClN2S/c1-6-3-4-7-8(6)9-10(12)14(2)5-13-11(9)15-7/h5-6H,3-4H2,1-2H3/q+1. The molecular weight excluding hydrogens is 228 g/mol. The molecule has 0 fully saturated rings. The summed E-state index contributed by atoms with van der Waals surface area (Å²) in [6.07, 6.45) is 4.24. The summed E-state index contributed by atoms with van der Waals surface area (Å²) in [7, 11) is 1.94. The molecule has 0 N–H and O–H groups in total. The minimum absolute atomic E-state index is 0.635. The zero-order valence-corrected chi connectivity index (χ0v) is 10.3. The molecule has 0 amide bonds. The van der Waals surface area contributed by atoms with Crippen molar-refractivity contribution in [1.29, 1.82) is 0 Å². The Morgan fingerprint density at radius 3 is 3.20 bits per heavy atom. The van der Waals surface area contributed by atoms with E-state index in [0.29, 0.717) is 5.92 Å². The van der Waals surface area contributed by atoms with Crippen molar-refractivity contribution < 1.29 is 4.57 Å². The first-order valence-electron chi connectivity index (χ1n) is 5.14. The van der Waals surface area contributed by atoms with Gasteiger partial charge in [0, 0.05) is 4.88 Å². The van der Waals surface area contributed by atoms with Crippen LogP contribution in [0.3, 0.4) is 0 Å². The zero-order valence-electron chi connectivity index (χ0n) is 8.75. The van der Waals surface area contributed by atoms with Gasteiger partial charge in [0.15, 0.2) is 0 Å². The molecule has 4 heteroatoms. The number of nitrogens with zero attached hydrogens (tertiary/aromatic N) is 2. The van der Waals surface area contributed by atoms with Gasteiger partial charge in [0.1, 0.15) is 5.39 Å². The first-order valence-corrected chi connectivity index (χ1v) is 6.33. The minimum atomic E-state index is 0.635. The highest BCUT2D eigenvalue weighted by molar-refractivity contribution is 7.19. The summed E-state index contributed by atoms with van der Waals surface area (Å²) in [4.78, 5) is 7.01. The Labute approximate surface area is 97.5 Å². The molecule has 0 saturated heterocycles. The number of thiophene rings is 1. The Balaban J connectivity index is 2.44. The third-order valence-corrected chi connectivity index (χ3v) is 4.79. The lowest BCUT2D eigenvalue weighted by Crippen LogP contribution is -2.29. The highest BCUT2D eigenvalue weighted by Gasteiger charge is 2.29. The minimum Gasteiger partial charge on any atom is -0.222 e. The van der Waals surface area contributed by atoms with E-state index in [-0.39, 0.29) is 0 Å². The van der Waals surface area contributed by atoms with Gasteiger partial charge in [-0.05, 0) is 40.9 Å². The van der Waals surface area contributed by atoms with Gasteiger partial charge in [-0.15, -0.1) is 0 Å². The Hall–Kier alpha value is -0.670. The fourth-order valence-corrected chi connectivity index (χ4v) is 3.90. The third kappa shape index (κ3) is 1.23. The maximum atomic E-state index is 6.35. The lowest BCUT2D eigenvalue weighted by Gasteiger charge is -2.02. The van der Waals surface area contributed by atoms with E-state index in [9.17, 15) is 0 Å². The number of rotatable bonds is 0. The fourth-order valence-electron chi connectivity index (χ4n) is 2.33. The highest BCUT2D eigenvalue weighted by atomic mass is 35.5. The van der Waals surface area contributed by atoms with Crippen molar-refractivity contribution in [1.82, 2.24) is 4.98 Å². The maximum absolute atomic E-state index is 6.35. The molecule has 2 heterocycles. The zero-order chi connectivity index (χ0) is 10.6. The van der Waals surface area contributed by atoms with Crippen LogP contribution in [0.1, 0.15) is 29.7 Å². The van der Waals surface area contributed by atoms with Gasteiger partial charge >= 0.3 is 0 Å². The van der Waals surface area contributed by atoms with Gasteiger partial charge in [-0.3, -0.25) is 0 Å². The molecule has 1 aliphatic rings. The molecule has 2 aromatic rings.